The molecule has 3 unspecified atom stereocenters. The number of rotatable bonds is 2. The summed E-state index contributed by atoms with van der Waals surface area (Å²) in [6.45, 7) is 8.95. The number of aryl methyl sites for hydroxylation is 1. The lowest BCUT2D eigenvalue weighted by molar-refractivity contribution is 0.0588. The van der Waals surface area contributed by atoms with Gasteiger partial charge in [-0.2, -0.15) is 0 Å². The molecule has 0 radical (unpaired) electrons. The maximum atomic E-state index is 6.26. The molecule has 3 heteroatoms. The third kappa shape index (κ3) is 3.67. The van der Waals surface area contributed by atoms with Gasteiger partial charge in [-0.1, -0.05) is 38.4 Å². The van der Waals surface area contributed by atoms with Gasteiger partial charge in [0.1, 0.15) is 11.9 Å². The summed E-state index contributed by atoms with van der Waals surface area (Å²) in [5, 5.41) is 0.711. The molecule has 1 aromatic rings. The summed E-state index contributed by atoms with van der Waals surface area (Å²) in [6, 6.07) is 5.90. The summed E-state index contributed by atoms with van der Waals surface area (Å²) in [6.07, 6.45) is 3.34. The zero-order valence-corrected chi connectivity index (χ0v) is 13.7. The van der Waals surface area contributed by atoms with Gasteiger partial charge in [-0.05, 0) is 55.2 Å². The Bertz CT molecular complexity index is 467. The van der Waals surface area contributed by atoms with Gasteiger partial charge in [0.25, 0.3) is 0 Å². The first kappa shape index (κ1) is 15.7. The minimum absolute atomic E-state index is 0.0881. The molecular formula is C17H26ClNO. The van der Waals surface area contributed by atoms with Crippen LogP contribution in [-0.2, 0) is 0 Å². The van der Waals surface area contributed by atoms with Gasteiger partial charge in [-0.25, -0.2) is 0 Å². The minimum Gasteiger partial charge on any atom is -0.488 e. The van der Waals surface area contributed by atoms with Crippen LogP contribution in [0, 0.1) is 18.3 Å². The predicted octanol–water partition coefficient (Wildman–Crippen LogP) is 4.57. The van der Waals surface area contributed by atoms with Crippen molar-refractivity contribution in [2.45, 2.75) is 59.1 Å². The average Bonchev–Trinajstić information content (AvgIpc) is 2.35. The van der Waals surface area contributed by atoms with E-state index in [-0.39, 0.29) is 12.1 Å². The Morgan fingerprint density at radius 1 is 1.25 bits per heavy atom. The van der Waals surface area contributed by atoms with Gasteiger partial charge in [-0.15, -0.1) is 0 Å². The fraction of sp³-hybridized carbons (Fsp3) is 0.647. The highest BCUT2D eigenvalue weighted by molar-refractivity contribution is 6.30. The summed E-state index contributed by atoms with van der Waals surface area (Å²) in [7, 11) is 0. The third-order valence-corrected chi connectivity index (χ3v) is 4.73. The first-order valence-electron chi connectivity index (χ1n) is 7.46. The molecule has 1 aliphatic rings. The zero-order chi connectivity index (χ0) is 14.9. The highest BCUT2D eigenvalue weighted by Crippen LogP contribution is 2.39. The molecule has 3 atom stereocenters. The van der Waals surface area contributed by atoms with E-state index < -0.39 is 0 Å². The fourth-order valence-electron chi connectivity index (χ4n) is 2.94. The minimum atomic E-state index is 0.0881. The predicted molar refractivity (Wildman–Crippen MR) is 85.4 cm³/mol. The molecule has 2 N–H and O–H groups in total. The Labute approximate surface area is 127 Å². The topological polar surface area (TPSA) is 35.2 Å². The molecule has 1 aromatic carbocycles. The van der Waals surface area contributed by atoms with Crippen LogP contribution in [0.15, 0.2) is 18.2 Å². The molecule has 0 saturated heterocycles. The second-order valence-electron chi connectivity index (χ2n) is 7.11. The molecule has 0 bridgehead atoms. The molecule has 0 aromatic heterocycles. The molecule has 1 saturated carbocycles. The van der Waals surface area contributed by atoms with E-state index in [0.29, 0.717) is 16.4 Å². The molecule has 0 spiro atoms. The molecule has 2 nitrogen and oxygen atoms in total. The highest BCUT2D eigenvalue weighted by Gasteiger charge is 2.35. The molecule has 1 aliphatic carbocycles. The van der Waals surface area contributed by atoms with Crippen LogP contribution in [-0.4, -0.2) is 12.1 Å². The summed E-state index contributed by atoms with van der Waals surface area (Å²) in [4.78, 5) is 0. The molecule has 20 heavy (non-hydrogen) atoms. The van der Waals surface area contributed by atoms with E-state index in [0.717, 1.165) is 24.2 Å². The lowest BCUT2D eigenvalue weighted by Gasteiger charge is -2.40. The van der Waals surface area contributed by atoms with Crippen molar-refractivity contribution in [1.82, 2.24) is 0 Å². The largest absolute Gasteiger partial charge is 0.488 e. The van der Waals surface area contributed by atoms with Crippen LogP contribution in [0.25, 0.3) is 0 Å². The number of hydrogen-bond donors (Lipinski definition) is 1. The van der Waals surface area contributed by atoms with Crippen molar-refractivity contribution in [1.29, 1.82) is 0 Å². The Morgan fingerprint density at radius 2 is 1.95 bits per heavy atom. The number of hydrogen-bond acceptors (Lipinski definition) is 2. The monoisotopic (exact) mass is 295 g/mol. The number of benzene rings is 1. The second-order valence-corrected chi connectivity index (χ2v) is 7.54. The highest BCUT2D eigenvalue weighted by atomic mass is 35.5. The first-order chi connectivity index (χ1) is 9.27. The van der Waals surface area contributed by atoms with Crippen molar-refractivity contribution in [3.63, 3.8) is 0 Å². The quantitative estimate of drug-likeness (QED) is 0.867. The van der Waals surface area contributed by atoms with E-state index >= 15 is 0 Å². The van der Waals surface area contributed by atoms with Crippen molar-refractivity contribution in [3.8, 4) is 5.75 Å². The van der Waals surface area contributed by atoms with E-state index in [1.165, 1.54) is 6.42 Å². The van der Waals surface area contributed by atoms with Gasteiger partial charge in [0.2, 0.25) is 0 Å². The smallest absolute Gasteiger partial charge is 0.124 e. The molecule has 112 valence electrons. The zero-order valence-electron chi connectivity index (χ0n) is 12.9. The van der Waals surface area contributed by atoms with Gasteiger partial charge >= 0.3 is 0 Å². The molecule has 1 fully saturated rings. The summed E-state index contributed by atoms with van der Waals surface area (Å²) in [5.41, 5.74) is 7.68. The van der Waals surface area contributed by atoms with E-state index in [9.17, 15) is 0 Å². The van der Waals surface area contributed by atoms with E-state index in [1.54, 1.807) is 0 Å². The van der Waals surface area contributed by atoms with Crippen LogP contribution in [0.5, 0.6) is 5.75 Å². The van der Waals surface area contributed by atoms with Gasteiger partial charge in [0.15, 0.2) is 0 Å². The van der Waals surface area contributed by atoms with Crippen LogP contribution < -0.4 is 10.5 Å². The average molecular weight is 296 g/mol. The summed E-state index contributed by atoms with van der Waals surface area (Å²) < 4.78 is 6.20. The van der Waals surface area contributed by atoms with E-state index in [2.05, 4.69) is 20.8 Å². The van der Waals surface area contributed by atoms with Gasteiger partial charge < -0.3 is 10.5 Å². The van der Waals surface area contributed by atoms with Crippen molar-refractivity contribution >= 4 is 11.6 Å². The molecule has 0 amide bonds. The van der Waals surface area contributed by atoms with E-state index in [4.69, 9.17) is 22.1 Å². The molecule has 0 aliphatic heterocycles. The second kappa shape index (κ2) is 5.95. The molecular weight excluding hydrogens is 270 g/mol. The standard InChI is InChI=1S/C17H26ClNO/c1-11-5-7-13(18)10-15(11)20-16-9-12(17(2,3)4)6-8-14(16)19/h5,7,10,12,14,16H,6,8-9,19H2,1-4H3. The van der Waals surface area contributed by atoms with Gasteiger partial charge in [0.05, 0.1) is 0 Å². The van der Waals surface area contributed by atoms with Crippen LogP contribution in [0.4, 0.5) is 0 Å². The van der Waals surface area contributed by atoms with Crippen LogP contribution >= 0.6 is 11.6 Å². The maximum Gasteiger partial charge on any atom is 0.124 e. The lowest BCUT2D eigenvalue weighted by Crippen LogP contribution is -2.46. The van der Waals surface area contributed by atoms with Crippen molar-refractivity contribution in [2.75, 3.05) is 0 Å². The number of halogens is 1. The third-order valence-electron chi connectivity index (χ3n) is 4.50. The van der Waals surface area contributed by atoms with Crippen molar-refractivity contribution in [2.24, 2.45) is 17.1 Å². The molecule has 0 heterocycles. The Hall–Kier alpha value is -0.730. The number of ether oxygens (including phenoxy) is 1. The van der Waals surface area contributed by atoms with E-state index in [1.807, 2.05) is 25.1 Å². The van der Waals surface area contributed by atoms with Gasteiger partial charge in [0, 0.05) is 11.1 Å². The fourth-order valence-corrected chi connectivity index (χ4v) is 3.10. The Morgan fingerprint density at radius 3 is 2.60 bits per heavy atom. The normalized spacial score (nSPS) is 27.4. The van der Waals surface area contributed by atoms with Crippen LogP contribution in [0.2, 0.25) is 5.02 Å². The summed E-state index contributed by atoms with van der Waals surface area (Å²) >= 11 is 6.06. The first-order valence-corrected chi connectivity index (χ1v) is 7.83. The van der Waals surface area contributed by atoms with Crippen LogP contribution in [0.1, 0.15) is 45.6 Å². The SMILES string of the molecule is Cc1ccc(Cl)cc1OC1CC(C(C)(C)C)CCC1N. The Kier molecular flexibility index (Phi) is 4.66. The summed E-state index contributed by atoms with van der Waals surface area (Å²) in [5.74, 6) is 1.53. The number of nitrogens with two attached hydrogens (primary N) is 1. The lowest BCUT2D eigenvalue weighted by atomic mass is 9.70. The molecule has 2 rings (SSSR count). The van der Waals surface area contributed by atoms with Crippen molar-refractivity contribution < 1.29 is 4.74 Å². The van der Waals surface area contributed by atoms with Gasteiger partial charge in [-0.3, -0.25) is 0 Å². The van der Waals surface area contributed by atoms with Crippen LogP contribution in [0.3, 0.4) is 0 Å². The Balaban J connectivity index is 2.12. The maximum absolute atomic E-state index is 6.26. The van der Waals surface area contributed by atoms with Crippen molar-refractivity contribution in [3.05, 3.63) is 28.8 Å².